The number of thiazole rings is 1. The number of nitrogens with one attached hydrogen (secondary N) is 1. The maximum absolute atomic E-state index is 12.5. The van der Waals surface area contributed by atoms with E-state index in [1.165, 1.54) is 17.5 Å². The van der Waals surface area contributed by atoms with Crippen LogP contribution in [0.15, 0.2) is 10.4 Å². The number of aromatic nitrogens is 1. The molecule has 1 aromatic heterocycles. The minimum Gasteiger partial charge on any atom is -0.314 e. The molecule has 20 heavy (non-hydrogen) atoms. The van der Waals surface area contributed by atoms with Crippen LogP contribution in [0.25, 0.3) is 0 Å². The molecule has 0 bridgehead atoms. The van der Waals surface area contributed by atoms with Crippen LogP contribution in [0, 0.1) is 12.8 Å². The molecule has 1 fully saturated rings. The van der Waals surface area contributed by atoms with Gasteiger partial charge >= 0.3 is 0 Å². The summed E-state index contributed by atoms with van der Waals surface area (Å²) in [6.07, 6.45) is 3.45. The van der Waals surface area contributed by atoms with Gasteiger partial charge in [-0.05, 0) is 32.2 Å². The van der Waals surface area contributed by atoms with Crippen LogP contribution >= 0.6 is 11.3 Å². The minimum atomic E-state index is -3.36. The minimum absolute atomic E-state index is 0.332. The molecule has 0 aliphatic carbocycles. The summed E-state index contributed by atoms with van der Waals surface area (Å²) in [5, 5.41) is 4.29. The fraction of sp³-hybridized carbons (Fsp3) is 0.769. The van der Waals surface area contributed by atoms with E-state index in [4.69, 9.17) is 0 Å². The lowest BCUT2D eigenvalue weighted by Crippen LogP contribution is -2.50. The van der Waals surface area contributed by atoms with Gasteiger partial charge in [-0.3, -0.25) is 0 Å². The number of rotatable bonds is 5. The second-order valence-corrected chi connectivity index (χ2v) is 8.79. The number of aryl methyl sites for hydroxylation is 1. The predicted molar refractivity (Wildman–Crippen MR) is 81.5 cm³/mol. The quantitative estimate of drug-likeness (QED) is 0.900. The van der Waals surface area contributed by atoms with Crippen molar-refractivity contribution < 1.29 is 8.42 Å². The third-order valence-corrected chi connectivity index (χ3v) is 6.93. The van der Waals surface area contributed by atoms with Crippen LogP contribution in [-0.4, -0.2) is 43.4 Å². The monoisotopic (exact) mass is 317 g/mol. The molecule has 0 spiro atoms. The summed E-state index contributed by atoms with van der Waals surface area (Å²) >= 11 is 1.25. The first kappa shape index (κ1) is 15.9. The van der Waals surface area contributed by atoms with Gasteiger partial charge in [0.05, 0.1) is 11.2 Å². The summed E-state index contributed by atoms with van der Waals surface area (Å²) in [6.45, 7) is 8.25. The zero-order valence-electron chi connectivity index (χ0n) is 12.3. The fourth-order valence-corrected chi connectivity index (χ4v) is 5.37. The van der Waals surface area contributed by atoms with Crippen molar-refractivity contribution in [3.63, 3.8) is 0 Å². The molecule has 1 N–H and O–H groups in total. The second-order valence-electron chi connectivity index (χ2n) is 5.39. The Morgan fingerprint density at radius 1 is 1.55 bits per heavy atom. The van der Waals surface area contributed by atoms with Crippen molar-refractivity contribution >= 4 is 21.4 Å². The average molecular weight is 317 g/mol. The topological polar surface area (TPSA) is 62.3 Å². The van der Waals surface area contributed by atoms with Gasteiger partial charge in [0.2, 0.25) is 0 Å². The van der Waals surface area contributed by atoms with Crippen LogP contribution in [0.5, 0.6) is 0 Å². The summed E-state index contributed by atoms with van der Waals surface area (Å²) in [5.41, 5.74) is 0. The molecule has 2 atom stereocenters. The molecule has 0 radical (unpaired) electrons. The molecule has 5 nitrogen and oxygen atoms in total. The Morgan fingerprint density at radius 3 is 2.85 bits per heavy atom. The van der Waals surface area contributed by atoms with Gasteiger partial charge in [0, 0.05) is 19.1 Å². The van der Waals surface area contributed by atoms with Gasteiger partial charge in [0.15, 0.2) is 4.21 Å². The van der Waals surface area contributed by atoms with Crippen LogP contribution in [0.4, 0.5) is 0 Å². The highest BCUT2D eigenvalue weighted by Gasteiger charge is 2.34. The van der Waals surface area contributed by atoms with E-state index in [1.807, 2.05) is 6.92 Å². The third-order valence-electron chi connectivity index (χ3n) is 3.72. The predicted octanol–water partition coefficient (Wildman–Crippen LogP) is 1.85. The van der Waals surface area contributed by atoms with E-state index in [2.05, 4.69) is 24.1 Å². The van der Waals surface area contributed by atoms with E-state index in [0.717, 1.165) is 24.4 Å². The Balaban J connectivity index is 2.05. The van der Waals surface area contributed by atoms with E-state index in [1.54, 1.807) is 4.31 Å². The maximum atomic E-state index is 12.5. The number of nitrogens with zero attached hydrogens (tertiary/aromatic N) is 2. The van der Waals surface area contributed by atoms with Gasteiger partial charge in [0.25, 0.3) is 10.0 Å². The van der Waals surface area contributed by atoms with E-state index >= 15 is 0 Å². The Morgan fingerprint density at radius 2 is 2.30 bits per heavy atom. The molecule has 0 aromatic carbocycles. The number of hydrogen-bond donors (Lipinski definition) is 1. The first-order chi connectivity index (χ1) is 9.45. The molecule has 2 rings (SSSR count). The first-order valence-corrected chi connectivity index (χ1v) is 9.36. The van der Waals surface area contributed by atoms with Gasteiger partial charge < -0.3 is 5.32 Å². The van der Waals surface area contributed by atoms with Crippen molar-refractivity contribution in [2.75, 3.05) is 19.6 Å². The van der Waals surface area contributed by atoms with Crippen molar-refractivity contribution in [2.45, 2.75) is 43.9 Å². The normalized spacial score (nSPS) is 24.9. The number of sulfonamides is 1. The first-order valence-electron chi connectivity index (χ1n) is 7.11. The molecule has 114 valence electrons. The van der Waals surface area contributed by atoms with Crippen LogP contribution in [0.1, 0.15) is 31.7 Å². The summed E-state index contributed by atoms with van der Waals surface area (Å²) in [7, 11) is -3.36. The van der Waals surface area contributed by atoms with Crippen LogP contribution in [-0.2, 0) is 10.0 Å². The molecule has 0 amide bonds. The summed E-state index contributed by atoms with van der Waals surface area (Å²) in [4.78, 5) is 4.05. The van der Waals surface area contributed by atoms with Gasteiger partial charge in [-0.1, -0.05) is 13.8 Å². The fourth-order valence-electron chi connectivity index (χ4n) is 2.55. The Kier molecular flexibility index (Phi) is 5.17. The molecule has 7 heteroatoms. The molecule has 0 saturated carbocycles. The summed E-state index contributed by atoms with van der Waals surface area (Å²) in [6, 6.07) is 0.421. The highest BCUT2D eigenvalue weighted by Crippen LogP contribution is 2.27. The molecule has 1 aromatic rings. The molecular formula is C13H23N3O2S2. The van der Waals surface area contributed by atoms with Crippen LogP contribution < -0.4 is 5.32 Å². The zero-order chi connectivity index (χ0) is 14.8. The Labute approximate surface area is 125 Å². The number of hydrogen-bond acceptors (Lipinski definition) is 5. The summed E-state index contributed by atoms with van der Waals surface area (Å²) in [5.74, 6) is 0.332. The Bertz CT molecular complexity index is 542. The van der Waals surface area contributed by atoms with Gasteiger partial charge in [-0.25, -0.2) is 13.4 Å². The SMILES string of the molecule is CCCNC1CCN(S(=O)(=O)c2cnc(C)s2)CC1C. The smallest absolute Gasteiger partial charge is 0.254 e. The molecule has 1 aliphatic heterocycles. The van der Waals surface area contributed by atoms with E-state index < -0.39 is 10.0 Å². The third kappa shape index (κ3) is 3.39. The van der Waals surface area contributed by atoms with Crippen molar-refractivity contribution in [1.29, 1.82) is 0 Å². The van der Waals surface area contributed by atoms with Crippen LogP contribution in [0.2, 0.25) is 0 Å². The zero-order valence-corrected chi connectivity index (χ0v) is 13.9. The van der Waals surface area contributed by atoms with Crippen molar-refractivity contribution in [3.8, 4) is 0 Å². The average Bonchev–Trinajstić information content (AvgIpc) is 2.84. The van der Waals surface area contributed by atoms with E-state index in [-0.39, 0.29) is 0 Å². The molecule has 2 unspecified atom stereocenters. The lowest BCUT2D eigenvalue weighted by molar-refractivity contribution is 0.221. The largest absolute Gasteiger partial charge is 0.314 e. The molecule has 1 aliphatic rings. The molecular weight excluding hydrogens is 294 g/mol. The number of piperidine rings is 1. The van der Waals surface area contributed by atoms with Gasteiger partial charge in [-0.15, -0.1) is 11.3 Å². The molecule has 2 heterocycles. The van der Waals surface area contributed by atoms with Crippen molar-refractivity contribution in [1.82, 2.24) is 14.6 Å². The van der Waals surface area contributed by atoms with Crippen molar-refractivity contribution in [3.05, 3.63) is 11.2 Å². The standard InChI is InChI=1S/C13H23N3O2S2/c1-4-6-14-12-5-7-16(9-10(12)2)20(17,18)13-8-15-11(3)19-13/h8,10,12,14H,4-7,9H2,1-3H3. The highest BCUT2D eigenvalue weighted by atomic mass is 32.2. The van der Waals surface area contributed by atoms with Gasteiger partial charge in [-0.2, -0.15) is 4.31 Å². The lowest BCUT2D eigenvalue weighted by Gasteiger charge is -2.36. The van der Waals surface area contributed by atoms with Crippen LogP contribution in [0.3, 0.4) is 0 Å². The molecule has 1 saturated heterocycles. The Hall–Kier alpha value is -0.500. The maximum Gasteiger partial charge on any atom is 0.254 e. The van der Waals surface area contributed by atoms with Crippen molar-refractivity contribution in [2.24, 2.45) is 5.92 Å². The lowest BCUT2D eigenvalue weighted by atomic mass is 9.95. The second kappa shape index (κ2) is 6.51. The summed E-state index contributed by atoms with van der Waals surface area (Å²) < 4.78 is 27.1. The van der Waals surface area contributed by atoms with E-state index in [0.29, 0.717) is 29.3 Å². The van der Waals surface area contributed by atoms with E-state index in [9.17, 15) is 8.42 Å². The van der Waals surface area contributed by atoms with Gasteiger partial charge in [0.1, 0.15) is 0 Å². The highest BCUT2D eigenvalue weighted by molar-refractivity contribution is 7.91.